The van der Waals surface area contributed by atoms with Gasteiger partial charge in [-0.2, -0.15) is 0 Å². The molecule has 0 aliphatic heterocycles. The number of benzene rings is 3. The predicted octanol–water partition coefficient (Wildman–Crippen LogP) is 8.21. The summed E-state index contributed by atoms with van der Waals surface area (Å²) in [5.74, 6) is -0.145. The first-order chi connectivity index (χ1) is 18.8. The van der Waals surface area contributed by atoms with E-state index in [0.717, 1.165) is 27.9 Å². The van der Waals surface area contributed by atoms with Crippen LogP contribution in [0, 0.1) is 19.3 Å². The van der Waals surface area contributed by atoms with Gasteiger partial charge in [0.05, 0.1) is 11.1 Å². The van der Waals surface area contributed by atoms with Crippen LogP contribution in [-0.4, -0.2) is 15.9 Å². The van der Waals surface area contributed by atoms with Gasteiger partial charge in [-0.15, -0.1) is 11.3 Å². The third-order valence-corrected chi connectivity index (χ3v) is 8.06. The zero-order valence-electron chi connectivity index (χ0n) is 22.8. The monoisotopic (exact) mass is 531 g/mol. The van der Waals surface area contributed by atoms with Gasteiger partial charge in [0.25, 0.3) is 0 Å². The van der Waals surface area contributed by atoms with Crippen molar-refractivity contribution in [2.24, 2.45) is 5.41 Å². The lowest BCUT2D eigenvalue weighted by Gasteiger charge is -2.34. The highest BCUT2D eigenvalue weighted by molar-refractivity contribution is 7.13. The van der Waals surface area contributed by atoms with Gasteiger partial charge >= 0.3 is 0 Å². The van der Waals surface area contributed by atoms with Crippen molar-refractivity contribution in [3.05, 3.63) is 136 Å². The van der Waals surface area contributed by atoms with E-state index in [1.807, 2.05) is 31.4 Å². The van der Waals surface area contributed by atoms with E-state index in [0.29, 0.717) is 11.6 Å². The van der Waals surface area contributed by atoms with Crippen LogP contribution < -0.4 is 5.32 Å². The lowest BCUT2D eigenvalue weighted by atomic mass is 9.70. The molecule has 3 aromatic carbocycles. The molecule has 1 N–H and O–H groups in total. The minimum Gasteiger partial charge on any atom is -0.301 e. The van der Waals surface area contributed by atoms with Gasteiger partial charge in [-0.1, -0.05) is 97.8 Å². The Hall–Kier alpha value is -4.09. The first kappa shape index (κ1) is 26.5. The lowest BCUT2D eigenvalue weighted by molar-refractivity contribution is -0.124. The number of aromatic nitrogens is 2. The van der Waals surface area contributed by atoms with Crippen molar-refractivity contribution >= 4 is 22.4 Å². The van der Waals surface area contributed by atoms with E-state index < -0.39 is 5.41 Å². The van der Waals surface area contributed by atoms with E-state index in [2.05, 4.69) is 96.9 Å². The number of thiazole rings is 1. The Morgan fingerprint density at radius 1 is 0.795 bits per heavy atom. The largest absolute Gasteiger partial charge is 0.301 e. The Bertz CT molecular complexity index is 1490. The number of pyridine rings is 1. The predicted molar refractivity (Wildman–Crippen MR) is 161 cm³/mol. The molecule has 39 heavy (non-hydrogen) atoms. The van der Waals surface area contributed by atoms with Crippen LogP contribution in [0.5, 0.6) is 0 Å². The number of nitrogens with one attached hydrogen (secondary N) is 1. The van der Waals surface area contributed by atoms with Crippen molar-refractivity contribution in [1.29, 1.82) is 0 Å². The van der Waals surface area contributed by atoms with Crippen LogP contribution in [0.25, 0.3) is 11.1 Å². The van der Waals surface area contributed by atoms with Gasteiger partial charge in [-0.25, -0.2) is 4.98 Å². The van der Waals surface area contributed by atoms with Crippen LogP contribution >= 0.6 is 11.3 Å². The van der Waals surface area contributed by atoms with E-state index >= 15 is 0 Å². The number of amides is 1. The summed E-state index contributed by atoms with van der Waals surface area (Å²) in [5.41, 5.74) is 8.36. The first-order valence-corrected chi connectivity index (χ1v) is 14.1. The third-order valence-electron chi connectivity index (χ3n) is 7.25. The van der Waals surface area contributed by atoms with Gasteiger partial charge in [0, 0.05) is 30.1 Å². The highest BCUT2D eigenvalue weighted by atomic mass is 32.1. The minimum atomic E-state index is -0.709. The number of rotatable bonds is 8. The molecule has 5 heteroatoms. The molecule has 0 saturated heterocycles. The van der Waals surface area contributed by atoms with Gasteiger partial charge in [0.15, 0.2) is 5.13 Å². The summed E-state index contributed by atoms with van der Waals surface area (Å²) >= 11 is 1.47. The number of carbonyl (C=O) groups is 1. The maximum Gasteiger partial charge on any atom is 0.232 e. The molecule has 0 saturated carbocycles. The van der Waals surface area contributed by atoms with Crippen molar-refractivity contribution in [2.45, 2.75) is 40.0 Å². The quantitative estimate of drug-likeness (QED) is 0.219. The first-order valence-electron chi connectivity index (χ1n) is 13.2. The highest BCUT2D eigenvalue weighted by Gasteiger charge is 2.39. The molecule has 196 valence electrons. The topological polar surface area (TPSA) is 54.9 Å². The number of anilines is 1. The van der Waals surface area contributed by atoms with E-state index in [1.54, 1.807) is 12.4 Å². The Balaban J connectivity index is 1.32. The molecule has 0 aliphatic carbocycles. The minimum absolute atomic E-state index is 0.0451. The van der Waals surface area contributed by atoms with E-state index in [9.17, 15) is 4.79 Å². The second-order valence-electron chi connectivity index (χ2n) is 10.7. The Morgan fingerprint density at radius 3 is 1.90 bits per heavy atom. The zero-order chi connectivity index (χ0) is 27.4. The number of nitrogens with zero attached hydrogens (tertiary/aromatic N) is 2. The maximum atomic E-state index is 13.7. The molecule has 0 aliphatic rings. The summed E-state index contributed by atoms with van der Waals surface area (Å²) in [5, 5.41) is 5.78. The normalized spacial score (nSPS) is 11.5. The van der Waals surface area contributed by atoms with E-state index in [4.69, 9.17) is 4.98 Å². The molecule has 0 atom stereocenters. The van der Waals surface area contributed by atoms with Crippen LogP contribution in [0.2, 0.25) is 0 Å². The highest BCUT2D eigenvalue weighted by Crippen LogP contribution is 2.42. The number of hydrogen-bond donors (Lipinski definition) is 1. The zero-order valence-corrected chi connectivity index (χ0v) is 23.6. The molecule has 0 radical (unpaired) electrons. The van der Waals surface area contributed by atoms with E-state index in [-0.39, 0.29) is 11.8 Å². The number of carbonyl (C=O) groups excluding carboxylic acids is 1. The fourth-order valence-electron chi connectivity index (χ4n) is 4.95. The SMILES string of the molecule is Cc1ccc(C(c2ccc(C)cc2)C(C)(C)C(=O)Nc2nc(Cc3ccc(-c4ccncc4)cc3)cs2)cc1. The molecule has 4 nitrogen and oxygen atoms in total. The molecule has 2 aromatic heterocycles. The van der Waals surface area contributed by atoms with Crippen molar-refractivity contribution in [3.63, 3.8) is 0 Å². The van der Waals surface area contributed by atoms with Gasteiger partial charge < -0.3 is 5.32 Å². The second-order valence-corrected chi connectivity index (χ2v) is 11.5. The molecular weight excluding hydrogens is 498 g/mol. The van der Waals surface area contributed by atoms with Gasteiger partial charge in [0.1, 0.15) is 0 Å². The van der Waals surface area contributed by atoms with Gasteiger partial charge in [-0.05, 0) is 53.8 Å². The molecule has 0 unspecified atom stereocenters. The molecule has 0 bridgehead atoms. The Kier molecular flexibility index (Phi) is 7.71. The molecule has 1 amide bonds. The average molecular weight is 532 g/mol. The van der Waals surface area contributed by atoms with Gasteiger partial charge in [0.2, 0.25) is 5.91 Å². The maximum absolute atomic E-state index is 13.7. The lowest BCUT2D eigenvalue weighted by Crippen LogP contribution is -2.37. The van der Waals surface area contributed by atoms with Crippen LogP contribution in [0.3, 0.4) is 0 Å². The molecule has 0 spiro atoms. The van der Waals surface area contributed by atoms with Crippen molar-refractivity contribution in [1.82, 2.24) is 9.97 Å². The Labute approximate surface area is 234 Å². The van der Waals surface area contributed by atoms with Crippen molar-refractivity contribution in [3.8, 4) is 11.1 Å². The molecule has 5 rings (SSSR count). The number of aryl methyl sites for hydroxylation is 2. The van der Waals surface area contributed by atoms with Crippen LogP contribution in [0.1, 0.15) is 53.3 Å². The van der Waals surface area contributed by atoms with Crippen molar-refractivity contribution in [2.75, 3.05) is 5.32 Å². The van der Waals surface area contributed by atoms with Crippen LogP contribution in [0.4, 0.5) is 5.13 Å². The Morgan fingerprint density at radius 2 is 1.33 bits per heavy atom. The molecule has 2 heterocycles. The summed E-state index contributed by atoms with van der Waals surface area (Å²) in [6.07, 6.45) is 4.32. The summed E-state index contributed by atoms with van der Waals surface area (Å²) < 4.78 is 0. The summed E-state index contributed by atoms with van der Waals surface area (Å²) in [6.45, 7) is 8.20. The van der Waals surface area contributed by atoms with Crippen LogP contribution in [0.15, 0.2) is 103 Å². The summed E-state index contributed by atoms with van der Waals surface area (Å²) in [7, 11) is 0. The molecule has 5 aromatic rings. The standard InChI is InChI=1S/C34H33N3OS/c1-23-5-11-28(12-6-23)31(29-13-7-24(2)8-14-29)34(3,4)32(38)37-33-36-30(22-39-33)21-25-9-15-26(16-10-25)27-17-19-35-20-18-27/h5-20,22,31H,21H2,1-4H3,(H,36,37,38). The number of hydrogen-bond acceptors (Lipinski definition) is 4. The molecule has 0 fully saturated rings. The second kappa shape index (κ2) is 11.3. The average Bonchev–Trinajstić information content (AvgIpc) is 3.38. The third kappa shape index (κ3) is 6.15. The van der Waals surface area contributed by atoms with Crippen LogP contribution in [-0.2, 0) is 11.2 Å². The fourth-order valence-corrected chi connectivity index (χ4v) is 5.65. The smallest absolute Gasteiger partial charge is 0.232 e. The van der Waals surface area contributed by atoms with Crippen molar-refractivity contribution < 1.29 is 4.79 Å². The molecular formula is C34H33N3OS. The van der Waals surface area contributed by atoms with Gasteiger partial charge in [-0.3, -0.25) is 9.78 Å². The summed E-state index contributed by atoms with van der Waals surface area (Å²) in [4.78, 5) is 22.6. The summed E-state index contributed by atoms with van der Waals surface area (Å²) in [6, 6.07) is 29.5. The van der Waals surface area contributed by atoms with E-state index in [1.165, 1.54) is 28.0 Å². The fraction of sp³-hybridized carbons (Fsp3) is 0.206.